The molecule has 0 bridgehead atoms. The summed E-state index contributed by atoms with van der Waals surface area (Å²) in [5.41, 5.74) is 3.91. The molecule has 3 aromatic carbocycles. The molecule has 0 unspecified atom stereocenters. The van der Waals surface area contributed by atoms with Crippen LogP contribution in [0.1, 0.15) is 22.3 Å². The van der Waals surface area contributed by atoms with Gasteiger partial charge in [0.2, 0.25) is 5.90 Å². The molecule has 0 saturated carbocycles. The summed E-state index contributed by atoms with van der Waals surface area (Å²) in [6.45, 7) is 2.52. The molecule has 0 saturated heterocycles. The molecule has 6 heteroatoms. The van der Waals surface area contributed by atoms with E-state index in [-0.39, 0.29) is 11.6 Å². The SMILES string of the molecule is Cc1ccc(COc2cccc(/C=C3\N=C(c4cc(I)ccc4Cl)OC3=O)c2)cc1. The third kappa shape index (κ3) is 4.91. The predicted octanol–water partition coefficient (Wildman–Crippen LogP) is 6.18. The summed E-state index contributed by atoms with van der Waals surface area (Å²) in [6.07, 6.45) is 1.68. The highest BCUT2D eigenvalue weighted by Crippen LogP contribution is 2.26. The Kier molecular flexibility index (Phi) is 6.20. The van der Waals surface area contributed by atoms with Gasteiger partial charge in [0.1, 0.15) is 12.4 Å². The Bertz CT molecular complexity index is 1170. The van der Waals surface area contributed by atoms with Crippen LogP contribution in [0.2, 0.25) is 5.02 Å². The highest BCUT2D eigenvalue weighted by molar-refractivity contribution is 14.1. The number of esters is 1. The van der Waals surface area contributed by atoms with Gasteiger partial charge in [-0.15, -0.1) is 0 Å². The Morgan fingerprint density at radius 2 is 1.90 bits per heavy atom. The van der Waals surface area contributed by atoms with Crippen molar-refractivity contribution < 1.29 is 14.3 Å². The fourth-order valence-electron chi connectivity index (χ4n) is 2.89. The fourth-order valence-corrected chi connectivity index (χ4v) is 3.58. The van der Waals surface area contributed by atoms with Crippen LogP contribution in [0.5, 0.6) is 5.75 Å². The van der Waals surface area contributed by atoms with Crippen molar-refractivity contribution in [3.05, 3.63) is 103 Å². The van der Waals surface area contributed by atoms with Gasteiger partial charge >= 0.3 is 5.97 Å². The second-order valence-electron chi connectivity index (χ2n) is 6.81. The van der Waals surface area contributed by atoms with Crippen LogP contribution in [0, 0.1) is 10.5 Å². The van der Waals surface area contributed by atoms with Gasteiger partial charge in [0.15, 0.2) is 5.70 Å². The van der Waals surface area contributed by atoms with E-state index in [4.69, 9.17) is 21.1 Å². The van der Waals surface area contributed by atoms with E-state index in [1.54, 1.807) is 12.1 Å². The highest BCUT2D eigenvalue weighted by Gasteiger charge is 2.25. The zero-order valence-corrected chi connectivity index (χ0v) is 19.0. The van der Waals surface area contributed by atoms with E-state index in [0.717, 1.165) is 14.7 Å². The summed E-state index contributed by atoms with van der Waals surface area (Å²) in [5, 5.41) is 0.481. The predicted molar refractivity (Wildman–Crippen MR) is 127 cm³/mol. The zero-order valence-electron chi connectivity index (χ0n) is 16.1. The normalized spacial score (nSPS) is 14.6. The average Bonchev–Trinajstić information content (AvgIpc) is 3.10. The number of rotatable bonds is 5. The van der Waals surface area contributed by atoms with Crippen LogP contribution in [0.4, 0.5) is 0 Å². The summed E-state index contributed by atoms with van der Waals surface area (Å²) >= 11 is 8.41. The van der Waals surface area contributed by atoms with Crippen molar-refractivity contribution in [3.63, 3.8) is 0 Å². The van der Waals surface area contributed by atoms with Gasteiger partial charge in [-0.2, -0.15) is 0 Å². The number of carbonyl (C=O) groups is 1. The Balaban J connectivity index is 1.53. The topological polar surface area (TPSA) is 47.9 Å². The number of halogens is 2. The highest BCUT2D eigenvalue weighted by atomic mass is 127. The van der Waals surface area contributed by atoms with E-state index in [1.165, 1.54) is 5.56 Å². The number of hydrogen-bond donors (Lipinski definition) is 0. The number of aliphatic imine (C=N–C) groups is 1. The van der Waals surface area contributed by atoms with Crippen LogP contribution in [-0.4, -0.2) is 11.9 Å². The molecule has 0 amide bonds. The number of ether oxygens (including phenoxy) is 2. The molecule has 4 nitrogen and oxygen atoms in total. The Labute approximate surface area is 193 Å². The molecule has 150 valence electrons. The van der Waals surface area contributed by atoms with E-state index < -0.39 is 5.97 Å². The first-order valence-corrected chi connectivity index (χ1v) is 10.7. The fraction of sp³-hybridized carbons (Fsp3) is 0.0833. The lowest BCUT2D eigenvalue weighted by molar-refractivity contribution is -0.129. The summed E-state index contributed by atoms with van der Waals surface area (Å²) in [6, 6.07) is 21.2. The van der Waals surface area contributed by atoms with Crippen molar-refractivity contribution in [2.75, 3.05) is 0 Å². The lowest BCUT2D eigenvalue weighted by atomic mass is 10.1. The van der Waals surface area contributed by atoms with Gasteiger partial charge in [0, 0.05) is 3.57 Å². The first-order valence-electron chi connectivity index (χ1n) is 9.24. The molecule has 3 aromatic rings. The van der Waals surface area contributed by atoms with E-state index in [0.29, 0.717) is 22.9 Å². The third-order valence-corrected chi connectivity index (χ3v) is 5.47. The van der Waals surface area contributed by atoms with Crippen molar-refractivity contribution in [2.45, 2.75) is 13.5 Å². The lowest BCUT2D eigenvalue weighted by Gasteiger charge is -2.07. The molecular weight excluding hydrogens is 513 g/mol. The Morgan fingerprint density at radius 1 is 1.10 bits per heavy atom. The van der Waals surface area contributed by atoms with Gasteiger partial charge in [-0.05, 0) is 77.0 Å². The number of aryl methyl sites for hydroxylation is 1. The number of cyclic esters (lactones) is 1. The van der Waals surface area contributed by atoms with Crippen molar-refractivity contribution in [3.8, 4) is 5.75 Å². The minimum absolute atomic E-state index is 0.210. The maximum absolute atomic E-state index is 12.3. The number of carbonyl (C=O) groups excluding carboxylic acids is 1. The molecule has 1 aliphatic heterocycles. The van der Waals surface area contributed by atoms with Gasteiger partial charge in [0.05, 0.1) is 10.6 Å². The monoisotopic (exact) mass is 529 g/mol. The van der Waals surface area contributed by atoms with E-state index in [2.05, 4.69) is 46.6 Å². The van der Waals surface area contributed by atoms with Gasteiger partial charge in [-0.1, -0.05) is 53.6 Å². The zero-order chi connectivity index (χ0) is 21.1. The van der Waals surface area contributed by atoms with Crippen LogP contribution in [0.3, 0.4) is 0 Å². The molecule has 1 heterocycles. The molecule has 0 atom stereocenters. The average molecular weight is 530 g/mol. The van der Waals surface area contributed by atoms with Crippen molar-refractivity contribution >= 4 is 52.1 Å². The van der Waals surface area contributed by atoms with Gasteiger partial charge in [0.25, 0.3) is 0 Å². The van der Waals surface area contributed by atoms with E-state index >= 15 is 0 Å². The second kappa shape index (κ2) is 9.02. The summed E-state index contributed by atoms with van der Waals surface area (Å²) in [4.78, 5) is 16.6. The van der Waals surface area contributed by atoms with Gasteiger partial charge in [-0.3, -0.25) is 0 Å². The van der Waals surface area contributed by atoms with Crippen molar-refractivity contribution in [2.24, 2.45) is 4.99 Å². The van der Waals surface area contributed by atoms with Crippen LogP contribution >= 0.6 is 34.2 Å². The third-order valence-electron chi connectivity index (χ3n) is 4.47. The van der Waals surface area contributed by atoms with Gasteiger partial charge in [-0.25, -0.2) is 9.79 Å². The summed E-state index contributed by atoms with van der Waals surface area (Å²) < 4.78 is 12.2. The lowest BCUT2D eigenvalue weighted by Crippen LogP contribution is -2.06. The largest absolute Gasteiger partial charge is 0.489 e. The first kappa shape index (κ1) is 20.6. The first-order chi connectivity index (χ1) is 14.5. The Morgan fingerprint density at radius 3 is 2.70 bits per heavy atom. The summed E-state index contributed by atoms with van der Waals surface area (Å²) in [7, 11) is 0. The number of hydrogen-bond acceptors (Lipinski definition) is 4. The molecule has 30 heavy (non-hydrogen) atoms. The minimum Gasteiger partial charge on any atom is -0.489 e. The molecule has 0 fully saturated rings. The minimum atomic E-state index is -0.508. The van der Waals surface area contributed by atoms with Crippen molar-refractivity contribution in [1.29, 1.82) is 0 Å². The maximum Gasteiger partial charge on any atom is 0.363 e. The molecule has 0 N–H and O–H groups in total. The van der Waals surface area contributed by atoms with Crippen LogP contribution < -0.4 is 4.74 Å². The van der Waals surface area contributed by atoms with E-state index in [9.17, 15) is 4.79 Å². The second-order valence-corrected chi connectivity index (χ2v) is 8.46. The number of nitrogens with zero attached hydrogens (tertiary/aromatic N) is 1. The molecule has 0 spiro atoms. The molecule has 0 aromatic heterocycles. The van der Waals surface area contributed by atoms with Gasteiger partial charge < -0.3 is 9.47 Å². The molecule has 0 radical (unpaired) electrons. The standard InChI is InChI=1S/C24H17ClINO3/c1-15-5-7-16(8-6-15)14-29-19-4-2-3-17(11-19)12-22-24(28)30-23(27-22)20-13-18(26)9-10-21(20)25/h2-13H,14H2,1H3/b22-12-. The van der Waals surface area contributed by atoms with Crippen molar-refractivity contribution in [1.82, 2.24) is 0 Å². The molecule has 0 aliphatic carbocycles. The summed E-state index contributed by atoms with van der Waals surface area (Å²) in [5.74, 6) is 0.411. The Hall–Kier alpha value is -2.64. The van der Waals surface area contributed by atoms with Crippen LogP contribution in [0.25, 0.3) is 6.08 Å². The molecule has 4 rings (SSSR count). The maximum atomic E-state index is 12.3. The smallest absolute Gasteiger partial charge is 0.363 e. The van der Waals surface area contributed by atoms with Crippen LogP contribution in [0.15, 0.2) is 77.4 Å². The molecule has 1 aliphatic rings. The van der Waals surface area contributed by atoms with Crippen LogP contribution in [-0.2, 0) is 16.1 Å². The number of benzene rings is 3. The van der Waals surface area contributed by atoms with E-state index in [1.807, 2.05) is 48.5 Å². The quantitative estimate of drug-likeness (QED) is 0.225. The molecular formula is C24H17ClINO3.